The zero-order valence-electron chi connectivity index (χ0n) is 15.2. The maximum absolute atomic E-state index is 13.2. The summed E-state index contributed by atoms with van der Waals surface area (Å²) in [4.78, 5) is 13.2. The highest BCUT2D eigenvalue weighted by atomic mass is 16.5. The number of nitrogens with two attached hydrogens (primary N) is 12. The molecular weight excluding hydrogens is 380 g/mol. The van der Waals surface area contributed by atoms with Crippen LogP contribution in [-0.4, -0.2) is 11.4 Å². The molecule has 0 spiro atoms. The molecule has 2 aromatic rings. The Bertz CT molecular complexity index is 1070. The lowest BCUT2D eigenvalue weighted by atomic mass is 9.79. The molecule has 156 valence electrons. The molecule has 0 fully saturated rings. The van der Waals surface area contributed by atoms with Gasteiger partial charge in [0.25, 0.3) is 0 Å². The molecular formula is C15H24N12O2. The number of hydrogen-bond donors (Lipinski definition) is 12. The van der Waals surface area contributed by atoms with Gasteiger partial charge in [-0.2, -0.15) is 0 Å². The van der Waals surface area contributed by atoms with Crippen LogP contribution in [0.3, 0.4) is 0 Å². The van der Waals surface area contributed by atoms with Crippen LogP contribution < -0.4 is 73.5 Å². The summed E-state index contributed by atoms with van der Waals surface area (Å²) in [7, 11) is 0. The van der Waals surface area contributed by atoms with E-state index in [1.807, 2.05) is 0 Å². The van der Waals surface area contributed by atoms with Crippen molar-refractivity contribution in [2.75, 3.05) is 51.6 Å². The van der Waals surface area contributed by atoms with Crippen LogP contribution in [0.2, 0.25) is 0 Å². The average molecular weight is 404 g/mol. The van der Waals surface area contributed by atoms with E-state index in [0.29, 0.717) is 0 Å². The molecule has 29 heavy (non-hydrogen) atoms. The molecule has 14 nitrogen and oxygen atoms in total. The number of carbonyl (C=O) groups is 1. The second kappa shape index (κ2) is 5.51. The second-order valence-corrected chi connectivity index (χ2v) is 6.84. The highest BCUT2D eigenvalue weighted by Gasteiger charge is 2.60. The molecule has 3 rings (SSSR count). The van der Waals surface area contributed by atoms with Gasteiger partial charge in [-0.15, -0.1) is 0 Å². The van der Waals surface area contributed by atoms with Crippen molar-refractivity contribution in [3.8, 4) is 5.75 Å². The van der Waals surface area contributed by atoms with Crippen LogP contribution in [0.5, 0.6) is 5.75 Å². The molecule has 0 bridgehead atoms. The average Bonchev–Trinajstić information content (AvgIpc) is 2.66. The molecule has 1 atom stereocenters. The first kappa shape index (κ1) is 19.7. The molecule has 24 N–H and O–H groups in total. The third kappa shape index (κ3) is 2.12. The first-order valence-electron chi connectivity index (χ1n) is 8.08. The van der Waals surface area contributed by atoms with Crippen LogP contribution in [0.25, 0.3) is 0 Å². The first-order valence-corrected chi connectivity index (χ1v) is 8.08. The van der Waals surface area contributed by atoms with Crippen molar-refractivity contribution in [1.82, 2.24) is 0 Å². The Morgan fingerprint density at radius 1 is 0.552 bits per heavy atom. The zero-order chi connectivity index (χ0) is 22.2. The van der Waals surface area contributed by atoms with E-state index in [1.165, 1.54) is 0 Å². The fraction of sp³-hybridized carbons (Fsp3) is 0.133. The lowest BCUT2D eigenvalue weighted by Crippen LogP contribution is -2.77. The number of benzene rings is 2. The van der Waals surface area contributed by atoms with E-state index in [1.54, 1.807) is 0 Å². The summed E-state index contributed by atoms with van der Waals surface area (Å²) >= 11 is 0. The molecule has 0 saturated carbocycles. The molecule has 0 saturated heterocycles. The van der Waals surface area contributed by atoms with Crippen molar-refractivity contribution < 1.29 is 9.53 Å². The topological polar surface area (TPSA) is 339 Å². The van der Waals surface area contributed by atoms with Crippen molar-refractivity contribution in [2.45, 2.75) is 11.4 Å². The fourth-order valence-corrected chi connectivity index (χ4v) is 3.26. The smallest absolute Gasteiger partial charge is 0.227 e. The summed E-state index contributed by atoms with van der Waals surface area (Å²) in [5.74, 6) is -1.24. The molecule has 14 heteroatoms. The van der Waals surface area contributed by atoms with Gasteiger partial charge in [-0.05, 0) is 0 Å². The molecule has 1 aliphatic rings. The van der Waals surface area contributed by atoms with E-state index in [0.717, 1.165) is 0 Å². The van der Waals surface area contributed by atoms with E-state index in [2.05, 4.69) is 0 Å². The largest absolute Gasteiger partial charge is 0.462 e. The van der Waals surface area contributed by atoms with Gasteiger partial charge >= 0.3 is 0 Å². The predicted molar refractivity (Wildman–Crippen MR) is 115 cm³/mol. The number of ketones is 1. The van der Waals surface area contributed by atoms with Crippen LogP contribution >= 0.6 is 0 Å². The number of hydrogen-bond acceptors (Lipinski definition) is 14. The normalized spacial score (nSPS) is 20.2. The van der Waals surface area contributed by atoms with Gasteiger partial charge in [0.1, 0.15) is 5.69 Å². The molecule has 1 aliphatic heterocycles. The number of Topliss-reactive ketones (excluding diaryl/α,β-unsaturated/α-hetero) is 1. The van der Waals surface area contributed by atoms with Gasteiger partial charge < -0.3 is 67.8 Å². The van der Waals surface area contributed by atoms with Crippen molar-refractivity contribution in [2.24, 2.45) is 17.2 Å². The quantitative estimate of drug-likeness (QED) is 0.165. The summed E-state index contributed by atoms with van der Waals surface area (Å²) in [6.07, 6.45) is 0. The van der Waals surface area contributed by atoms with Crippen molar-refractivity contribution in [3.05, 3.63) is 11.1 Å². The van der Waals surface area contributed by atoms with Gasteiger partial charge in [0.2, 0.25) is 11.5 Å². The van der Waals surface area contributed by atoms with Gasteiger partial charge in [0.05, 0.1) is 56.6 Å². The van der Waals surface area contributed by atoms with E-state index in [9.17, 15) is 4.79 Å². The lowest BCUT2D eigenvalue weighted by Gasteiger charge is -2.47. The predicted octanol–water partition coefficient (Wildman–Crippen LogP) is -3.07. The Labute approximate surface area is 164 Å². The van der Waals surface area contributed by atoms with Gasteiger partial charge in [0.15, 0.2) is 11.4 Å². The SMILES string of the molecule is Nc1c(N)c(N)c(C2(N)Oc3c(N)c(N)c(N)c(N)c3C(=O)C2(N)N)c(N)c1N. The number of anilines is 9. The van der Waals surface area contributed by atoms with Gasteiger partial charge in [0, 0.05) is 0 Å². The summed E-state index contributed by atoms with van der Waals surface area (Å²) in [6.45, 7) is 0. The van der Waals surface area contributed by atoms with Crippen LogP contribution in [0.15, 0.2) is 0 Å². The third-order valence-electron chi connectivity index (χ3n) is 5.16. The highest BCUT2D eigenvalue weighted by Crippen LogP contribution is 2.52. The van der Waals surface area contributed by atoms with Crippen LogP contribution in [0.4, 0.5) is 51.2 Å². The Morgan fingerprint density at radius 3 is 1.41 bits per heavy atom. The van der Waals surface area contributed by atoms with E-state index >= 15 is 0 Å². The zero-order valence-corrected chi connectivity index (χ0v) is 15.2. The molecule has 1 unspecified atom stereocenters. The van der Waals surface area contributed by atoms with Crippen LogP contribution in [0, 0.1) is 0 Å². The van der Waals surface area contributed by atoms with Gasteiger partial charge in [-0.25, -0.2) is 0 Å². The summed E-state index contributed by atoms with van der Waals surface area (Å²) in [6, 6.07) is 0. The molecule has 0 aliphatic carbocycles. The van der Waals surface area contributed by atoms with Crippen molar-refractivity contribution in [1.29, 1.82) is 0 Å². The maximum atomic E-state index is 13.2. The number of fused-ring (bicyclic) bond motifs is 1. The molecule has 2 aromatic carbocycles. The van der Waals surface area contributed by atoms with E-state index < -0.39 is 17.2 Å². The van der Waals surface area contributed by atoms with E-state index in [-0.39, 0.29) is 68.1 Å². The summed E-state index contributed by atoms with van der Waals surface area (Å²) in [5, 5.41) is 0. The number of carbonyl (C=O) groups excluding carboxylic acids is 1. The van der Waals surface area contributed by atoms with Crippen LogP contribution in [0.1, 0.15) is 15.9 Å². The summed E-state index contributed by atoms with van der Waals surface area (Å²) in [5.41, 5.74) is 64.9. The van der Waals surface area contributed by atoms with Crippen LogP contribution in [-0.2, 0) is 5.72 Å². The minimum atomic E-state index is -2.46. The van der Waals surface area contributed by atoms with E-state index in [4.69, 9.17) is 73.5 Å². The fourth-order valence-electron chi connectivity index (χ4n) is 3.26. The Kier molecular flexibility index (Phi) is 3.75. The molecule has 1 heterocycles. The third-order valence-corrected chi connectivity index (χ3v) is 5.16. The number of rotatable bonds is 1. The Balaban J connectivity index is 2.45. The monoisotopic (exact) mass is 404 g/mol. The second-order valence-electron chi connectivity index (χ2n) is 6.84. The molecule has 0 radical (unpaired) electrons. The summed E-state index contributed by atoms with van der Waals surface area (Å²) < 4.78 is 5.80. The first-order chi connectivity index (χ1) is 13.2. The Hall–Kier alpha value is -4.01. The van der Waals surface area contributed by atoms with Crippen molar-refractivity contribution >= 4 is 57.0 Å². The minimum absolute atomic E-state index is 0.0877. The minimum Gasteiger partial charge on any atom is -0.462 e. The highest BCUT2D eigenvalue weighted by molar-refractivity contribution is 6.16. The van der Waals surface area contributed by atoms with Gasteiger partial charge in [-0.1, -0.05) is 0 Å². The number of ether oxygens (including phenoxy) is 1. The standard InChI is InChI=1S/C15H24N12O2/c16-3-1-12(11(24)10(23)6(3)19)29-15(27,14(25,26)13(1)28)2-4(17)7(20)9(22)8(21)5(2)18/h16-27H2. The number of nitrogen functional groups attached to an aromatic ring is 9. The molecule has 0 amide bonds. The van der Waals surface area contributed by atoms with Gasteiger partial charge in [-0.3, -0.25) is 10.5 Å². The maximum Gasteiger partial charge on any atom is 0.227 e. The van der Waals surface area contributed by atoms with Crippen molar-refractivity contribution in [3.63, 3.8) is 0 Å². The molecule has 0 aromatic heterocycles. The Morgan fingerprint density at radius 2 is 0.931 bits per heavy atom. The lowest BCUT2D eigenvalue weighted by molar-refractivity contribution is -0.0100.